The van der Waals surface area contributed by atoms with Gasteiger partial charge in [0.1, 0.15) is 5.78 Å². The Bertz CT molecular complexity index is 1740. The molecular formula is C30H21N5O2. The average Bonchev–Trinajstić information content (AvgIpc) is 3.59. The van der Waals surface area contributed by atoms with Crippen LogP contribution in [0.5, 0.6) is 11.5 Å². The van der Waals surface area contributed by atoms with Crippen LogP contribution in [0.15, 0.2) is 85.2 Å². The highest BCUT2D eigenvalue weighted by Gasteiger charge is 2.38. The summed E-state index contributed by atoms with van der Waals surface area (Å²) in [6.07, 6.45) is 4.81. The van der Waals surface area contributed by atoms with Gasteiger partial charge in [-0.15, -0.1) is 0 Å². The lowest BCUT2D eigenvalue weighted by Crippen LogP contribution is -2.43. The predicted octanol–water partition coefficient (Wildman–Crippen LogP) is 6.75. The number of anilines is 2. The van der Waals surface area contributed by atoms with Crippen molar-refractivity contribution in [2.45, 2.75) is 18.9 Å². The minimum absolute atomic E-state index is 0.125. The molecule has 3 heterocycles. The fourth-order valence-electron chi connectivity index (χ4n) is 5.65. The number of fused-ring (bicyclic) bond motifs is 4. The van der Waals surface area contributed by atoms with Crippen LogP contribution in [-0.2, 0) is 4.79 Å². The molecule has 6 aromatic rings. The Morgan fingerprint density at radius 3 is 1.78 bits per heavy atom. The normalized spacial score (nSPS) is 14.9. The molecule has 2 aromatic heterocycles. The van der Waals surface area contributed by atoms with Gasteiger partial charge in [0.05, 0.1) is 34.8 Å². The number of nitrogens with zero attached hydrogens (tertiary/aromatic N) is 3. The van der Waals surface area contributed by atoms with E-state index in [0.717, 1.165) is 66.9 Å². The number of Topliss-reactive ketones (excluding diaryl/α,β-unsaturated/α-hetero) is 1. The Morgan fingerprint density at radius 1 is 0.730 bits per heavy atom. The fourth-order valence-corrected chi connectivity index (χ4v) is 5.65. The summed E-state index contributed by atoms with van der Waals surface area (Å²) < 4.78 is 6.59. The van der Waals surface area contributed by atoms with Crippen LogP contribution in [0, 0.1) is 0 Å². The van der Waals surface area contributed by atoms with Crippen molar-refractivity contribution in [2.24, 2.45) is 0 Å². The number of nitrogens with one attached hydrogen (secondary N) is 2. The quantitative estimate of drug-likeness (QED) is 0.291. The minimum atomic E-state index is 0.125. The van der Waals surface area contributed by atoms with Crippen LogP contribution in [0.3, 0.4) is 0 Å². The number of hydrogen-bond acceptors (Lipinski definition) is 5. The second kappa shape index (κ2) is 7.54. The number of hydrogen-bond donors (Lipinski definition) is 2. The molecule has 0 bridgehead atoms. The molecule has 178 valence electrons. The zero-order valence-corrected chi connectivity index (χ0v) is 19.7. The maximum Gasteiger partial charge on any atom is 0.151 e. The number of benzene rings is 4. The number of aromatic nitrogens is 4. The van der Waals surface area contributed by atoms with Gasteiger partial charge >= 0.3 is 0 Å². The van der Waals surface area contributed by atoms with Gasteiger partial charge in [0.25, 0.3) is 0 Å². The van der Waals surface area contributed by atoms with Crippen molar-refractivity contribution in [1.29, 1.82) is 0 Å². The number of carbonyl (C=O) groups excluding carboxylic acids is 1. The van der Waals surface area contributed by atoms with Crippen LogP contribution in [0.2, 0.25) is 0 Å². The number of H-pyrrole nitrogens is 2. The van der Waals surface area contributed by atoms with Crippen molar-refractivity contribution in [1.82, 2.24) is 20.4 Å². The molecule has 0 saturated heterocycles. The zero-order chi connectivity index (χ0) is 24.5. The lowest BCUT2D eigenvalue weighted by molar-refractivity contribution is -0.124. The highest BCUT2D eigenvalue weighted by atomic mass is 16.5. The first-order valence-electron chi connectivity index (χ1n) is 12.3. The van der Waals surface area contributed by atoms with Gasteiger partial charge in [-0.05, 0) is 58.7 Å². The van der Waals surface area contributed by atoms with Gasteiger partial charge in [-0.3, -0.25) is 15.0 Å². The van der Waals surface area contributed by atoms with E-state index in [1.807, 2.05) is 36.7 Å². The standard InChI is InChI=1S/C30H21N5O2/c36-20-13-19(14-20)35-27-9-7-17(21-3-1-5-25-23(21)15-31-33-25)11-29(27)37-30-12-18(8-10-28(30)35)22-4-2-6-26-24(22)16-32-34-26/h1-12,15-16,19H,13-14H2,(H,31,33)(H,32,34). The molecule has 0 radical (unpaired) electrons. The van der Waals surface area contributed by atoms with Gasteiger partial charge in [-0.1, -0.05) is 36.4 Å². The minimum Gasteiger partial charge on any atom is -0.453 e. The molecule has 2 N–H and O–H groups in total. The van der Waals surface area contributed by atoms with Crippen molar-refractivity contribution < 1.29 is 9.53 Å². The molecule has 0 spiro atoms. The Morgan fingerprint density at radius 2 is 1.27 bits per heavy atom. The summed E-state index contributed by atoms with van der Waals surface area (Å²) in [5.41, 5.74) is 8.25. The Hall–Kier alpha value is -4.91. The maximum absolute atomic E-state index is 12.0. The fraction of sp³-hybridized carbons (Fsp3) is 0.100. The molecule has 0 unspecified atom stereocenters. The molecule has 0 amide bonds. The number of ether oxygens (including phenoxy) is 1. The van der Waals surface area contributed by atoms with E-state index in [4.69, 9.17) is 4.74 Å². The molecule has 1 fully saturated rings. The van der Waals surface area contributed by atoms with Gasteiger partial charge in [0.2, 0.25) is 0 Å². The number of ketones is 1. The van der Waals surface area contributed by atoms with Crippen LogP contribution in [0.4, 0.5) is 11.4 Å². The smallest absolute Gasteiger partial charge is 0.151 e. The molecule has 2 aliphatic rings. The third kappa shape index (κ3) is 3.04. The van der Waals surface area contributed by atoms with E-state index in [1.165, 1.54) is 0 Å². The van der Waals surface area contributed by atoms with E-state index in [9.17, 15) is 4.79 Å². The molecule has 1 saturated carbocycles. The molecule has 4 aromatic carbocycles. The van der Waals surface area contributed by atoms with Gasteiger partial charge in [-0.25, -0.2) is 0 Å². The van der Waals surface area contributed by atoms with Crippen molar-refractivity contribution in [3.63, 3.8) is 0 Å². The first-order valence-corrected chi connectivity index (χ1v) is 12.3. The molecular weight excluding hydrogens is 462 g/mol. The Kier molecular flexibility index (Phi) is 4.14. The van der Waals surface area contributed by atoms with Crippen LogP contribution >= 0.6 is 0 Å². The summed E-state index contributed by atoms with van der Waals surface area (Å²) in [6.45, 7) is 0. The summed E-state index contributed by atoms with van der Waals surface area (Å²) in [5.74, 6) is 1.86. The van der Waals surface area contributed by atoms with E-state index in [1.54, 1.807) is 0 Å². The Labute approximate surface area is 211 Å². The number of aromatic amines is 2. The van der Waals surface area contributed by atoms with Crippen LogP contribution in [0.1, 0.15) is 12.8 Å². The first kappa shape index (κ1) is 20.3. The maximum atomic E-state index is 12.0. The third-order valence-electron chi connectivity index (χ3n) is 7.54. The largest absolute Gasteiger partial charge is 0.453 e. The summed E-state index contributed by atoms with van der Waals surface area (Å²) in [4.78, 5) is 14.3. The second-order valence-corrected chi connectivity index (χ2v) is 9.71. The van der Waals surface area contributed by atoms with E-state index in [-0.39, 0.29) is 6.04 Å². The first-order chi connectivity index (χ1) is 18.2. The SMILES string of the molecule is O=C1CC(N2c3ccc(-c4cccc5[nH]ncc45)cc3Oc3cc(-c4cccc5[nH]ncc45)ccc32)C1. The highest BCUT2D eigenvalue weighted by Crippen LogP contribution is 2.52. The summed E-state index contributed by atoms with van der Waals surface area (Å²) in [5, 5.41) is 16.7. The van der Waals surface area contributed by atoms with Crippen molar-refractivity contribution in [3.8, 4) is 33.8 Å². The van der Waals surface area contributed by atoms with E-state index in [0.29, 0.717) is 18.6 Å². The van der Waals surface area contributed by atoms with Gasteiger partial charge in [0.15, 0.2) is 11.5 Å². The molecule has 7 nitrogen and oxygen atoms in total. The highest BCUT2D eigenvalue weighted by molar-refractivity contribution is 5.98. The van der Waals surface area contributed by atoms with Gasteiger partial charge < -0.3 is 9.64 Å². The summed E-state index contributed by atoms with van der Waals surface area (Å²) in [7, 11) is 0. The average molecular weight is 484 g/mol. The van der Waals surface area contributed by atoms with E-state index < -0.39 is 0 Å². The van der Waals surface area contributed by atoms with Gasteiger partial charge in [-0.2, -0.15) is 10.2 Å². The molecule has 37 heavy (non-hydrogen) atoms. The van der Waals surface area contributed by atoms with E-state index >= 15 is 0 Å². The number of rotatable bonds is 3. The lowest BCUT2D eigenvalue weighted by Gasteiger charge is -2.42. The van der Waals surface area contributed by atoms with Crippen LogP contribution in [-0.4, -0.2) is 32.2 Å². The topological polar surface area (TPSA) is 86.9 Å². The zero-order valence-electron chi connectivity index (χ0n) is 19.7. The van der Waals surface area contributed by atoms with Gasteiger partial charge in [0, 0.05) is 29.7 Å². The van der Waals surface area contributed by atoms with Crippen molar-refractivity contribution in [3.05, 3.63) is 85.2 Å². The van der Waals surface area contributed by atoms with Crippen molar-refractivity contribution >= 4 is 39.0 Å². The summed E-state index contributed by atoms with van der Waals surface area (Å²) >= 11 is 0. The molecule has 1 aliphatic carbocycles. The monoisotopic (exact) mass is 483 g/mol. The van der Waals surface area contributed by atoms with E-state index in [2.05, 4.69) is 73.8 Å². The molecule has 0 atom stereocenters. The second-order valence-electron chi connectivity index (χ2n) is 9.71. The predicted molar refractivity (Wildman–Crippen MR) is 143 cm³/mol. The van der Waals surface area contributed by atoms with Crippen molar-refractivity contribution in [2.75, 3.05) is 4.90 Å². The van der Waals surface area contributed by atoms with Crippen LogP contribution in [0.25, 0.3) is 44.1 Å². The molecule has 1 aliphatic heterocycles. The number of carbonyl (C=O) groups is 1. The molecule has 7 heteroatoms. The van der Waals surface area contributed by atoms with Crippen LogP contribution < -0.4 is 9.64 Å². The lowest BCUT2D eigenvalue weighted by atomic mass is 9.88. The molecule has 8 rings (SSSR count). The Balaban J connectivity index is 1.27. The third-order valence-corrected chi connectivity index (χ3v) is 7.54. The summed E-state index contributed by atoms with van der Waals surface area (Å²) in [6, 6.07) is 25.1.